The van der Waals surface area contributed by atoms with Crippen molar-refractivity contribution in [3.05, 3.63) is 212 Å². The van der Waals surface area contributed by atoms with E-state index in [2.05, 4.69) is 221 Å². The summed E-state index contributed by atoms with van der Waals surface area (Å²) >= 11 is 0. The lowest BCUT2D eigenvalue weighted by molar-refractivity contribution is 0.669. The van der Waals surface area contributed by atoms with Crippen LogP contribution in [0.1, 0.15) is 0 Å². The first kappa shape index (κ1) is 35.7. The Labute approximate surface area is 371 Å². The van der Waals surface area contributed by atoms with Gasteiger partial charge < -0.3 is 13.6 Å². The van der Waals surface area contributed by atoms with E-state index in [0.29, 0.717) is 17.5 Å². The zero-order valence-electron chi connectivity index (χ0n) is 34.9. The van der Waals surface area contributed by atoms with E-state index in [1.165, 1.54) is 37.8 Å². The smallest absolute Gasteiger partial charge is 0.164 e. The number of rotatable bonds is 5. The number of benzene rings is 10. The number of para-hydroxylation sites is 3. The molecule has 0 amide bonds. The van der Waals surface area contributed by atoms with Crippen LogP contribution in [-0.2, 0) is 0 Å². The molecule has 0 aliphatic carbocycles. The lowest BCUT2D eigenvalue weighted by Gasteiger charge is -2.11. The molecule has 0 unspecified atom stereocenters. The van der Waals surface area contributed by atoms with Crippen LogP contribution in [0.3, 0.4) is 0 Å². The summed E-state index contributed by atoms with van der Waals surface area (Å²) in [7, 11) is 0. The van der Waals surface area contributed by atoms with Crippen LogP contribution in [-0.4, -0.2) is 24.1 Å². The Kier molecular flexibility index (Phi) is 7.59. The maximum atomic E-state index is 6.80. The van der Waals surface area contributed by atoms with Crippen LogP contribution in [0.5, 0.6) is 0 Å². The van der Waals surface area contributed by atoms with Gasteiger partial charge in [0.2, 0.25) is 0 Å². The van der Waals surface area contributed by atoms with Gasteiger partial charge in [-0.25, -0.2) is 15.0 Å². The summed E-state index contributed by atoms with van der Waals surface area (Å²) in [6, 6.07) is 75.1. The summed E-state index contributed by atoms with van der Waals surface area (Å²) in [5.41, 5.74) is 11.1. The highest BCUT2D eigenvalue weighted by Crippen LogP contribution is 2.43. The Morgan fingerprint density at radius 3 is 1.48 bits per heavy atom. The zero-order chi connectivity index (χ0) is 42.6. The molecule has 0 spiro atoms. The minimum atomic E-state index is 0.578. The topological polar surface area (TPSA) is 61.7 Å². The van der Waals surface area contributed by atoms with Gasteiger partial charge in [0.1, 0.15) is 11.2 Å². The molecule has 4 aromatic heterocycles. The van der Waals surface area contributed by atoms with Crippen molar-refractivity contribution in [1.29, 1.82) is 0 Å². The number of fused-ring (bicyclic) bond motifs is 11. The number of furan rings is 1. The first-order valence-electron chi connectivity index (χ1n) is 21.9. The summed E-state index contributed by atoms with van der Waals surface area (Å²) in [6.07, 6.45) is 0. The summed E-state index contributed by atoms with van der Waals surface area (Å²) < 4.78 is 11.6. The lowest BCUT2D eigenvalue weighted by Crippen LogP contribution is -2.00. The second kappa shape index (κ2) is 13.8. The van der Waals surface area contributed by atoms with Gasteiger partial charge in [0, 0.05) is 49.3 Å². The molecule has 4 heterocycles. The van der Waals surface area contributed by atoms with Crippen molar-refractivity contribution in [2.45, 2.75) is 0 Å². The Morgan fingerprint density at radius 2 is 0.831 bits per heavy atom. The fraction of sp³-hybridized carbons (Fsp3) is 0. The first-order chi connectivity index (χ1) is 32.2. The molecule has 0 saturated heterocycles. The van der Waals surface area contributed by atoms with E-state index in [4.69, 9.17) is 19.4 Å². The Balaban J connectivity index is 0.972. The van der Waals surface area contributed by atoms with Gasteiger partial charge in [-0.3, -0.25) is 0 Å². The van der Waals surface area contributed by atoms with Gasteiger partial charge in [-0.2, -0.15) is 0 Å². The van der Waals surface area contributed by atoms with Crippen molar-refractivity contribution >= 4 is 87.1 Å². The molecule has 6 heteroatoms. The zero-order valence-corrected chi connectivity index (χ0v) is 34.9. The highest BCUT2D eigenvalue weighted by Gasteiger charge is 2.22. The average Bonchev–Trinajstić information content (AvgIpc) is 4.02. The molecule has 0 saturated carbocycles. The molecule has 302 valence electrons. The average molecular weight is 830 g/mol. The maximum absolute atomic E-state index is 6.80. The van der Waals surface area contributed by atoms with E-state index in [1.54, 1.807) is 0 Å². The minimum Gasteiger partial charge on any atom is -0.456 e. The maximum Gasteiger partial charge on any atom is 0.164 e. The lowest BCUT2D eigenvalue weighted by atomic mass is 10.1. The van der Waals surface area contributed by atoms with Crippen LogP contribution in [0.2, 0.25) is 0 Å². The van der Waals surface area contributed by atoms with Crippen molar-refractivity contribution in [3.8, 4) is 45.5 Å². The Bertz CT molecular complexity index is 4160. The van der Waals surface area contributed by atoms with Crippen molar-refractivity contribution in [2.75, 3.05) is 0 Å². The molecule has 6 nitrogen and oxygen atoms in total. The van der Waals surface area contributed by atoms with Crippen LogP contribution in [0, 0.1) is 0 Å². The molecule has 14 aromatic rings. The summed E-state index contributed by atoms with van der Waals surface area (Å²) in [5, 5.41) is 11.5. The van der Waals surface area contributed by atoms with Gasteiger partial charge in [0.05, 0.1) is 33.1 Å². The molecule has 65 heavy (non-hydrogen) atoms. The van der Waals surface area contributed by atoms with Crippen molar-refractivity contribution < 1.29 is 4.42 Å². The third-order valence-electron chi connectivity index (χ3n) is 13.1. The van der Waals surface area contributed by atoms with Gasteiger partial charge >= 0.3 is 0 Å². The van der Waals surface area contributed by atoms with Gasteiger partial charge in [0.15, 0.2) is 17.5 Å². The Hall–Kier alpha value is -8.87. The number of nitrogens with zero attached hydrogens (tertiary/aromatic N) is 5. The van der Waals surface area contributed by atoms with E-state index in [1.807, 2.05) is 0 Å². The van der Waals surface area contributed by atoms with Crippen LogP contribution in [0.4, 0.5) is 0 Å². The highest BCUT2D eigenvalue weighted by molar-refractivity contribution is 6.20. The molecule has 0 aliphatic rings. The fourth-order valence-electron chi connectivity index (χ4n) is 10.1. The van der Waals surface area contributed by atoms with Gasteiger partial charge in [-0.05, 0) is 94.3 Å². The van der Waals surface area contributed by atoms with E-state index < -0.39 is 0 Å². The molecule has 0 fully saturated rings. The molecular weight excluding hydrogens is 795 g/mol. The predicted molar refractivity (Wildman–Crippen MR) is 267 cm³/mol. The van der Waals surface area contributed by atoms with Gasteiger partial charge in [-0.1, -0.05) is 140 Å². The quantitative estimate of drug-likeness (QED) is 0.173. The van der Waals surface area contributed by atoms with Crippen molar-refractivity contribution in [2.24, 2.45) is 0 Å². The van der Waals surface area contributed by atoms with Crippen molar-refractivity contribution in [1.82, 2.24) is 24.1 Å². The Morgan fingerprint density at radius 1 is 0.308 bits per heavy atom. The minimum absolute atomic E-state index is 0.578. The third kappa shape index (κ3) is 5.51. The second-order valence-electron chi connectivity index (χ2n) is 16.8. The van der Waals surface area contributed by atoms with Crippen LogP contribution in [0.15, 0.2) is 217 Å². The molecule has 14 rings (SSSR count). The number of aromatic nitrogens is 5. The largest absolute Gasteiger partial charge is 0.456 e. The fourth-order valence-corrected chi connectivity index (χ4v) is 10.1. The summed E-state index contributed by atoms with van der Waals surface area (Å²) in [5.74, 6) is 1.81. The summed E-state index contributed by atoms with van der Waals surface area (Å²) in [4.78, 5) is 15.4. The second-order valence-corrected chi connectivity index (χ2v) is 16.8. The van der Waals surface area contributed by atoms with E-state index in [-0.39, 0.29) is 0 Å². The van der Waals surface area contributed by atoms with Crippen molar-refractivity contribution in [3.63, 3.8) is 0 Å². The van der Waals surface area contributed by atoms with Gasteiger partial charge in [0.25, 0.3) is 0 Å². The monoisotopic (exact) mass is 829 g/mol. The van der Waals surface area contributed by atoms with Gasteiger partial charge in [-0.15, -0.1) is 0 Å². The first-order valence-corrected chi connectivity index (χ1v) is 21.9. The summed E-state index contributed by atoms with van der Waals surface area (Å²) in [6.45, 7) is 0. The number of hydrogen-bond donors (Lipinski definition) is 0. The van der Waals surface area contributed by atoms with E-state index in [0.717, 1.165) is 77.3 Å². The molecule has 0 radical (unpaired) electrons. The number of hydrogen-bond acceptors (Lipinski definition) is 4. The van der Waals surface area contributed by atoms with Crippen LogP contribution < -0.4 is 0 Å². The predicted octanol–water partition coefficient (Wildman–Crippen LogP) is 15.3. The standard InChI is InChI=1S/C59H35N5O/c1-2-17-43(18-3-1)63-49-21-10-8-19-44(49)47-34-48-45-20-9-11-22-50(45)64(53(48)35-52(47)63)51-23-12-24-54-56(51)46-30-29-42(33-55(46)65-54)59-61-57(40-27-25-36-13-4-6-15-38(36)31-40)60-58(62-59)41-28-26-37-14-5-7-16-39(37)32-41/h1-35H. The van der Waals surface area contributed by atoms with Crippen LogP contribution >= 0.6 is 0 Å². The molecule has 10 aromatic carbocycles. The van der Waals surface area contributed by atoms with Crippen LogP contribution in [0.25, 0.3) is 133 Å². The van der Waals surface area contributed by atoms with E-state index >= 15 is 0 Å². The molecule has 0 atom stereocenters. The molecule has 0 N–H and O–H groups in total. The molecule has 0 bridgehead atoms. The molecule has 0 aliphatic heterocycles. The third-order valence-corrected chi connectivity index (χ3v) is 13.1. The normalized spacial score (nSPS) is 12.0. The SMILES string of the molecule is c1ccc(-n2c3ccccc3c3cc4c5ccccc5n(-c5cccc6oc7cc(-c8nc(-c9ccc%10ccccc%10c9)nc(-c9ccc%10ccccc%10c9)n8)ccc7c56)c4cc32)cc1. The molecular formula is C59H35N5O. The van der Waals surface area contributed by atoms with E-state index in [9.17, 15) is 0 Å². The highest BCUT2D eigenvalue weighted by atomic mass is 16.3.